The van der Waals surface area contributed by atoms with Crippen molar-refractivity contribution in [1.82, 2.24) is 18.9 Å². The zero-order valence-electron chi connectivity index (χ0n) is 19.1. The average Bonchev–Trinajstić information content (AvgIpc) is 3.05. The molecule has 0 aliphatic heterocycles. The molecule has 9 nitrogen and oxygen atoms in total. The van der Waals surface area contributed by atoms with E-state index < -0.39 is 11.2 Å². The molecule has 0 saturated heterocycles. The Morgan fingerprint density at radius 1 is 1.09 bits per heavy atom. The van der Waals surface area contributed by atoms with Crippen LogP contribution in [0.25, 0.3) is 16.6 Å². The van der Waals surface area contributed by atoms with Crippen molar-refractivity contribution in [1.29, 1.82) is 0 Å². The molecule has 0 unspecified atom stereocenters. The van der Waals surface area contributed by atoms with Gasteiger partial charge < -0.3 is 10.4 Å². The lowest BCUT2D eigenvalue weighted by Gasteiger charge is -2.15. The van der Waals surface area contributed by atoms with Gasteiger partial charge in [-0.1, -0.05) is 42.1 Å². The van der Waals surface area contributed by atoms with Crippen molar-refractivity contribution in [2.24, 2.45) is 7.05 Å². The standard InChI is InChI=1S/C24H25N5O4S/c1-15-20(23(33)29(27(15)3)17-9-5-4-6-10-17)26-21(31)16(2)34-24-25-19-12-8-7-11-18(19)22(32)28(24)13-14-30/h4-12,16,30H,13-14H2,1-3H3,(H,26,31)/t16-/m1/s1. The number of para-hydroxylation sites is 2. The largest absolute Gasteiger partial charge is 0.395 e. The molecule has 2 aromatic heterocycles. The molecule has 2 N–H and O–H groups in total. The maximum absolute atomic E-state index is 13.1. The summed E-state index contributed by atoms with van der Waals surface area (Å²) >= 11 is 1.10. The lowest BCUT2D eigenvalue weighted by atomic mass is 10.2. The van der Waals surface area contributed by atoms with Crippen molar-refractivity contribution in [2.45, 2.75) is 30.8 Å². The molecule has 0 bridgehead atoms. The molecule has 0 aliphatic rings. The number of hydrogen-bond donors (Lipinski definition) is 2. The van der Waals surface area contributed by atoms with Crippen molar-refractivity contribution < 1.29 is 9.90 Å². The average molecular weight is 480 g/mol. The summed E-state index contributed by atoms with van der Waals surface area (Å²) in [6.45, 7) is 3.26. The Hall–Kier alpha value is -3.63. The number of anilines is 1. The second-order valence-electron chi connectivity index (χ2n) is 7.78. The highest BCUT2D eigenvalue weighted by Gasteiger charge is 2.23. The molecule has 1 atom stereocenters. The van der Waals surface area contributed by atoms with Crippen LogP contribution in [-0.4, -0.2) is 41.8 Å². The maximum atomic E-state index is 13.1. The van der Waals surface area contributed by atoms with Gasteiger partial charge >= 0.3 is 0 Å². The molecule has 10 heteroatoms. The van der Waals surface area contributed by atoms with Gasteiger partial charge in [-0.25, -0.2) is 9.67 Å². The zero-order valence-corrected chi connectivity index (χ0v) is 19.9. The minimum atomic E-state index is -0.665. The maximum Gasteiger partial charge on any atom is 0.295 e. The first-order valence-corrected chi connectivity index (χ1v) is 11.6. The second-order valence-corrected chi connectivity index (χ2v) is 9.09. The van der Waals surface area contributed by atoms with Crippen LogP contribution in [0.4, 0.5) is 5.69 Å². The quantitative estimate of drug-likeness (QED) is 0.311. The summed E-state index contributed by atoms with van der Waals surface area (Å²) in [4.78, 5) is 43.6. The van der Waals surface area contributed by atoms with E-state index >= 15 is 0 Å². The fraction of sp³-hybridized carbons (Fsp3) is 0.250. The number of carbonyl (C=O) groups is 1. The fourth-order valence-corrected chi connectivity index (χ4v) is 4.62. The number of rotatable bonds is 7. The normalized spacial score (nSPS) is 12.1. The van der Waals surface area contributed by atoms with Gasteiger partial charge in [-0.05, 0) is 38.1 Å². The first-order chi connectivity index (χ1) is 16.3. The van der Waals surface area contributed by atoms with E-state index in [0.29, 0.717) is 27.4 Å². The number of nitrogens with zero attached hydrogens (tertiary/aromatic N) is 4. The number of aliphatic hydroxyl groups excluding tert-OH is 1. The SMILES string of the molecule is Cc1c(NC(=O)[C@@H](C)Sc2nc3ccccc3c(=O)n2CCO)c(=O)n(-c2ccccc2)n1C. The Morgan fingerprint density at radius 3 is 2.47 bits per heavy atom. The van der Waals surface area contributed by atoms with Crippen LogP contribution in [0, 0.1) is 6.92 Å². The molecule has 0 aliphatic carbocycles. The molecule has 0 spiro atoms. The predicted molar refractivity (Wildman–Crippen MR) is 133 cm³/mol. The van der Waals surface area contributed by atoms with E-state index in [0.717, 1.165) is 11.8 Å². The molecule has 0 radical (unpaired) electrons. The van der Waals surface area contributed by atoms with Gasteiger partial charge in [0.1, 0.15) is 5.69 Å². The number of amides is 1. The molecule has 0 fully saturated rings. The minimum absolute atomic E-state index is 0.0624. The smallest absolute Gasteiger partial charge is 0.295 e. The van der Waals surface area contributed by atoms with E-state index in [-0.39, 0.29) is 30.0 Å². The zero-order chi connectivity index (χ0) is 24.4. The highest BCUT2D eigenvalue weighted by molar-refractivity contribution is 8.00. The van der Waals surface area contributed by atoms with Crippen LogP contribution in [0.15, 0.2) is 69.3 Å². The van der Waals surface area contributed by atoms with Crippen molar-refractivity contribution in [3.05, 3.63) is 81.0 Å². The highest BCUT2D eigenvalue weighted by Crippen LogP contribution is 2.24. The Bertz CT molecular complexity index is 1470. The summed E-state index contributed by atoms with van der Waals surface area (Å²) < 4.78 is 4.55. The van der Waals surface area contributed by atoms with E-state index in [1.54, 1.807) is 49.8 Å². The van der Waals surface area contributed by atoms with Gasteiger partial charge in [-0.3, -0.25) is 23.6 Å². The number of hydrogen-bond acceptors (Lipinski definition) is 6. The number of aliphatic hydroxyl groups is 1. The van der Waals surface area contributed by atoms with E-state index in [4.69, 9.17) is 0 Å². The number of carbonyl (C=O) groups excluding carboxylic acids is 1. The van der Waals surface area contributed by atoms with Crippen LogP contribution in [0.3, 0.4) is 0 Å². The lowest BCUT2D eigenvalue weighted by molar-refractivity contribution is -0.115. The predicted octanol–water partition coefficient (Wildman–Crippen LogP) is 2.31. The third kappa shape index (κ3) is 4.29. The molecule has 1 amide bonds. The second kappa shape index (κ2) is 9.70. The van der Waals surface area contributed by atoms with Crippen molar-refractivity contribution in [2.75, 3.05) is 11.9 Å². The minimum Gasteiger partial charge on any atom is -0.395 e. The Morgan fingerprint density at radius 2 is 1.76 bits per heavy atom. The van der Waals surface area contributed by atoms with E-state index in [1.165, 1.54) is 9.25 Å². The molecule has 4 aromatic rings. The van der Waals surface area contributed by atoms with E-state index in [1.807, 2.05) is 30.3 Å². The van der Waals surface area contributed by atoms with Gasteiger partial charge in [0.15, 0.2) is 5.16 Å². The van der Waals surface area contributed by atoms with Crippen LogP contribution < -0.4 is 16.4 Å². The van der Waals surface area contributed by atoms with Crippen LogP contribution in [0.1, 0.15) is 12.6 Å². The summed E-state index contributed by atoms with van der Waals surface area (Å²) in [5, 5.41) is 12.3. The molecule has 2 aromatic carbocycles. The number of fused-ring (bicyclic) bond motifs is 1. The summed E-state index contributed by atoms with van der Waals surface area (Å²) in [5.41, 5.74) is 1.40. The van der Waals surface area contributed by atoms with Crippen LogP contribution in [-0.2, 0) is 18.4 Å². The fourth-order valence-electron chi connectivity index (χ4n) is 3.68. The highest BCUT2D eigenvalue weighted by atomic mass is 32.2. The van der Waals surface area contributed by atoms with Gasteiger partial charge in [0.2, 0.25) is 5.91 Å². The Labute approximate surface area is 199 Å². The molecule has 4 rings (SSSR count). The van der Waals surface area contributed by atoms with Crippen molar-refractivity contribution in [3.8, 4) is 5.69 Å². The first-order valence-electron chi connectivity index (χ1n) is 10.8. The lowest BCUT2D eigenvalue weighted by Crippen LogP contribution is -2.29. The summed E-state index contributed by atoms with van der Waals surface area (Å²) in [6, 6.07) is 16.1. The molecular formula is C24H25N5O4S. The monoisotopic (exact) mass is 479 g/mol. The third-order valence-electron chi connectivity index (χ3n) is 5.60. The number of thioether (sulfide) groups is 1. The number of nitrogens with one attached hydrogen (secondary N) is 1. The summed E-state index contributed by atoms with van der Waals surface area (Å²) in [6.07, 6.45) is 0. The van der Waals surface area contributed by atoms with Gasteiger partial charge in [0.05, 0.1) is 40.7 Å². The van der Waals surface area contributed by atoms with E-state index in [9.17, 15) is 19.5 Å². The van der Waals surface area contributed by atoms with Gasteiger partial charge in [0.25, 0.3) is 11.1 Å². The third-order valence-corrected chi connectivity index (χ3v) is 6.69. The van der Waals surface area contributed by atoms with E-state index in [2.05, 4.69) is 10.3 Å². The summed E-state index contributed by atoms with van der Waals surface area (Å²) in [5.74, 6) is -0.394. The van der Waals surface area contributed by atoms with Crippen LogP contribution in [0.2, 0.25) is 0 Å². The summed E-state index contributed by atoms with van der Waals surface area (Å²) in [7, 11) is 1.75. The molecular weight excluding hydrogens is 454 g/mol. The van der Waals surface area contributed by atoms with Crippen LogP contribution in [0.5, 0.6) is 0 Å². The molecule has 0 saturated carbocycles. The van der Waals surface area contributed by atoms with Crippen molar-refractivity contribution in [3.63, 3.8) is 0 Å². The Balaban J connectivity index is 1.63. The molecule has 176 valence electrons. The van der Waals surface area contributed by atoms with Gasteiger partial charge in [-0.2, -0.15) is 0 Å². The molecule has 34 heavy (non-hydrogen) atoms. The number of aromatic nitrogens is 4. The van der Waals surface area contributed by atoms with Crippen LogP contribution >= 0.6 is 11.8 Å². The Kier molecular flexibility index (Phi) is 6.71. The van der Waals surface area contributed by atoms with Gasteiger partial charge in [-0.15, -0.1) is 0 Å². The topological polar surface area (TPSA) is 111 Å². The van der Waals surface area contributed by atoms with Crippen molar-refractivity contribution >= 4 is 34.3 Å². The molecule has 2 heterocycles. The first kappa shape index (κ1) is 23.5. The number of benzene rings is 2. The van der Waals surface area contributed by atoms with Gasteiger partial charge in [0, 0.05) is 7.05 Å².